The van der Waals surface area contributed by atoms with Gasteiger partial charge in [0.1, 0.15) is 5.78 Å². The molecule has 1 aliphatic heterocycles. The lowest BCUT2D eigenvalue weighted by molar-refractivity contribution is -0.129. The van der Waals surface area contributed by atoms with Gasteiger partial charge in [0.2, 0.25) is 0 Å². The number of allylic oxidation sites excluding steroid dienone is 1. The van der Waals surface area contributed by atoms with E-state index in [1.54, 1.807) is 0 Å². The van der Waals surface area contributed by atoms with Crippen LogP contribution >= 0.6 is 0 Å². The van der Waals surface area contributed by atoms with Gasteiger partial charge < -0.3 is 14.9 Å². The van der Waals surface area contributed by atoms with Gasteiger partial charge in [0.25, 0.3) is 0 Å². The number of Topliss-reactive ketones (excluding diaryl/α,β-unsaturated/α-hetero) is 1. The van der Waals surface area contributed by atoms with Crippen molar-refractivity contribution in [3.05, 3.63) is 46.5 Å². The molecule has 172 valence electrons. The maximum Gasteiger partial charge on any atom is 0.139 e. The number of ether oxygens (including phenoxy) is 1. The fraction of sp³-hybridized carbons (Fsp3) is 0.679. The molecule has 6 atom stereocenters. The van der Waals surface area contributed by atoms with Crippen molar-refractivity contribution in [3.8, 4) is 0 Å². The lowest BCUT2D eigenvalue weighted by Gasteiger charge is -2.55. The van der Waals surface area contributed by atoms with Crippen LogP contribution in [-0.4, -0.2) is 33.8 Å². The van der Waals surface area contributed by atoms with Gasteiger partial charge in [-0.25, -0.2) is 0 Å². The quantitative estimate of drug-likeness (QED) is 0.652. The number of aliphatic hydroxyl groups is 2. The van der Waals surface area contributed by atoms with E-state index in [9.17, 15) is 15.0 Å². The van der Waals surface area contributed by atoms with Crippen LogP contribution in [0, 0.1) is 17.3 Å². The summed E-state index contributed by atoms with van der Waals surface area (Å²) < 4.78 is 6.22. The van der Waals surface area contributed by atoms with Crippen LogP contribution in [0.25, 0.3) is 0 Å². The second kappa shape index (κ2) is 7.25. The van der Waals surface area contributed by atoms with Crippen LogP contribution < -0.4 is 0 Å². The van der Waals surface area contributed by atoms with Gasteiger partial charge in [0.05, 0.1) is 17.8 Å². The summed E-state index contributed by atoms with van der Waals surface area (Å²) in [5.41, 5.74) is 3.75. The smallest absolute Gasteiger partial charge is 0.139 e. The molecule has 1 aromatic rings. The van der Waals surface area contributed by atoms with Gasteiger partial charge in [-0.15, -0.1) is 0 Å². The van der Waals surface area contributed by atoms with Gasteiger partial charge >= 0.3 is 0 Å². The molecule has 1 heterocycles. The monoisotopic (exact) mass is 436 g/mol. The van der Waals surface area contributed by atoms with Crippen molar-refractivity contribution in [2.24, 2.45) is 17.3 Å². The van der Waals surface area contributed by atoms with Crippen LogP contribution in [-0.2, 0) is 16.1 Å². The first-order chi connectivity index (χ1) is 15.4. The average Bonchev–Trinajstić information content (AvgIpc) is 3.36. The molecule has 3 saturated carbocycles. The minimum Gasteiger partial charge on any atom is -0.392 e. The van der Waals surface area contributed by atoms with E-state index in [2.05, 4.69) is 19.1 Å². The van der Waals surface area contributed by atoms with Gasteiger partial charge in [0.15, 0.2) is 0 Å². The Hall–Kier alpha value is -1.49. The van der Waals surface area contributed by atoms with Crippen LogP contribution in [0.3, 0.4) is 0 Å². The van der Waals surface area contributed by atoms with Gasteiger partial charge in [-0.1, -0.05) is 36.8 Å². The summed E-state index contributed by atoms with van der Waals surface area (Å²) >= 11 is 0. The highest BCUT2D eigenvalue weighted by Crippen LogP contribution is 2.64. The molecule has 4 aliphatic carbocycles. The second-order valence-corrected chi connectivity index (χ2v) is 11.6. The van der Waals surface area contributed by atoms with E-state index in [-0.39, 0.29) is 23.5 Å². The van der Waals surface area contributed by atoms with Crippen molar-refractivity contribution in [3.63, 3.8) is 0 Å². The van der Waals surface area contributed by atoms with Gasteiger partial charge in [-0.05, 0) is 79.9 Å². The van der Waals surface area contributed by atoms with Gasteiger partial charge in [-0.3, -0.25) is 4.79 Å². The third-order valence-electron chi connectivity index (χ3n) is 10.0. The summed E-state index contributed by atoms with van der Waals surface area (Å²) in [6.07, 6.45) is 9.18. The van der Waals surface area contributed by atoms with E-state index < -0.39 is 5.60 Å². The van der Waals surface area contributed by atoms with Gasteiger partial charge in [-0.2, -0.15) is 0 Å². The predicted molar refractivity (Wildman–Crippen MR) is 122 cm³/mol. The maximum absolute atomic E-state index is 13.1. The molecule has 1 aromatic carbocycles. The molecular formula is C28H36O4. The van der Waals surface area contributed by atoms with Crippen molar-refractivity contribution in [1.29, 1.82) is 0 Å². The summed E-state index contributed by atoms with van der Waals surface area (Å²) in [5.74, 6) is 1.42. The summed E-state index contributed by atoms with van der Waals surface area (Å²) in [7, 11) is 0. The number of hydrogen-bond donors (Lipinski definition) is 2. The first-order valence-corrected chi connectivity index (χ1v) is 12.7. The number of benzene rings is 1. The Kier molecular flexibility index (Phi) is 4.78. The summed E-state index contributed by atoms with van der Waals surface area (Å²) in [4.78, 5) is 13.1. The van der Waals surface area contributed by atoms with Gasteiger partial charge in [0, 0.05) is 30.8 Å². The first kappa shape index (κ1) is 21.1. The summed E-state index contributed by atoms with van der Waals surface area (Å²) in [6, 6.07) is 8.31. The lowest BCUT2D eigenvalue weighted by atomic mass is 9.51. The second-order valence-electron chi connectivity index (χ2n) is 11.6. The molecule has 2 N–H and O–H groups in total. The Labute approximate surface area is 191 Å². The van der Waals surface area contributed by atoms with E-state index in [1.165, 1.54) is 16.7 Å². The molecule has 1 spiro atoms. The molecule has 0 radical (unpaired) electrons. The normalized spacial score (nSPS) is 43.3. The summed E-state index contributed by atoms with van der Waals surface area (Å²) in [5, 5.41) is 21.5. The zero-order valence-corrected chi connectivity index (χ0v) is 19.2. The highest BCUT2D eigenvalue weighted by Gasteiger charge is 2.60. The summed E-state index contributed by atoms with van der Waals surface area (Å²) in [6.45, 7) is 3.08. The highest BCUT2D eigenvalue weighted by molar-refractivity contribution is 5.87. The molecule has 5 aliphatic rings. The minimum absolute atomic E-state index is 0.0433. The van der Waals surface area contributed by atoms with E-state index in [4.69, 9.17) is 4.74 Å². The number of aliphatic hydroxyl groups excluding tert-OH is 1. The van der Waals surface area contributed by atoms with Crippen molar-refractivity contribution in [2.45, 2.75) is 94.9 Å². The van der Waals surface area contributed by atoms with Crippen LogP contribution in [0.1, 0.15) is 88.2 Å². The number of carbonyl (C=O) groups is 1. The number of carbonyl (C=O) groups excluding carboxylic acids is 1. The van der Waals surface area contributed by atoms with Crippen LogP contribution in [0.4, 0.5) is 0 Å². The molecule has 1 saturated heterocycles. The Morgan fingerprint density at radius 2 is 1.91 bits per heavy atom. The maximum atomic E-state index is 13.1. The Morgan fingerprint density at radius 3 is 2.62 bits per heavy atom. The predicted octanol–water partition coefficient (Wildman–Crippen LogP) is 4.82. The minimum atomic E-state index is -0.756. The van der Waals surface area contributed by atoms with Crippen molar-refractivity contribution in [1.82, 2.24) is 0 Å². The van der Waals surface area contributed by atoms with Crippen molar-refractivity contribution in [2.75, 3.05) is 6.61 Å². The number of ketones is 1. The first-order valence-electron chi connectivity index (χ1n) is 12.7. The molecular weight excluding hydrogens is 400 g/mol. The molecule has 0 aromatic heterocycles. The van der Waals surface area contributed by atoms with Crippen LogP contribution in [0.2, 0.25) is 0 Å². The Balaban J connectivity index is 1.47. The van der Waals surface area contributed by atoms with Crippen molar-refractivity contribution >= 4 is 5.78 Å². The van der Waals surface area contributed by atoms with Crippen LogP contribution in [0.5, 0.6) is 0 Å². The van der Waals surface area contributed by atoms with E-state index in [0.717, 1.165) is 70.0 Å². The Morgan fingerprint density at radius 1 is 1.09 bits per heavy atom. The molecule has 0 amide bonds. The fourth-order valence-electron chi connectivity index (χ4n) is 8.41. The lowest BCUT2D eigenvalue weighted by Crippen LogP contribution is -2.52. The molecule has 32 heavy (non-hydrogen) atoms. The molecule has 3 unspecified atom stereocenters. The van der Waals surface area contributed by atoms with E-state index >= 15 is 0 Å². The van der Waals surface area contributed by atoms with Crippen LogP contribution in [0.15, 0.2) is 35.4 Å². The average molecular weight is 437 g/mol. The standard InChI is InChI=1S/C28H36O4/c1-26-15-21(19-5-3-18(16-29)4-6-19)25-20(22(26)7-8-24(26)30)9-13-28(31)17-27(11-2-14-32-27)12-10-23(25)28/h3-6,20-22,29,31H,2,7-17H2,1H3/t20?,21-,22?,26+,27?,28-/m1/s1. The molecule has 0 bridgehead atoms. The molecule has 4 heteroatoms. The highest BCUT2D eigenvalue weighted by atomic mass is 16.5. The molecule has 4 fully saturated rings. The SMILES string of the molecule is C[C@]12C[C@H](c3ccc(CO)cc3)C3=C4CCC5(CCCO5)C[C@]4(O)CCC3C1CCC2=O. The number of fused-ring (bicyclic) bond motifs is 4. The molecule has 4 nitrogen and oxygen atoms in total. The zero-order chi connectivity index (χ0) is 22.1. The third-order valence-corrected chi connectivity index (χ3v) is 10.0. The number of rotatable bonds is 2. The van der Waals surface area contributed by atoms with E-state index in [0.29, 0.717) is 24.0 Å². The topological polar surface area (TPSA) is 66.8 Å². The molecule has 6 rings (SSSR count). The Bertz CT molecular complexity index is 956. The third kappa shape index (κ3) is 2.95. The van der Waals surface area contributed by atoms with E-state index in [1.807, 2.05) is 12.1 Å². The van der Waals surface area contributed by atoms with Crippen molar-refractivity contribution < 1.29 is 19.7 Å². The number of hydrogen-bond acceptors (Lipinski definition) is 4. The zero-order valence-electron chi connectivity index (χ0n) is 19.2. The fourth-order valence-corrected chi connectivity index (χ4v) is 8.41. The largest absolute Gasteiger partial charge is 0.392 e.